The van der Waals surface area contributed by atoms with E-state index in [1.807, 2.05) is 13.8 Å². The summed E-state index contributed by atoms with van der Waals surface area (Å²) in [5, 5.41) is 7.00. The Hall–Kier alpha value is -0.0800. The fraction of sp³-hybridized carbons (Fsp3) is 1.00. The maximum atomic E-state index is 7.00. The molecule has 0 saturated carbocycles. The molecule has 1 heterocycles. The average Bonchev–Trinajstić information content (AvgIpc) is 2.62. The van der Waals surface area contributed by atoms with Crippen molar-refractivity contribution in [2.24, 2.45) is 0 Å². The van der Waals surface area contributed by atoms with Crippen LogP contribution in [0.1, 0.15) is 43.1 Å². The zero-order valence-corrected chi connectivity index (χ0v) is 6.14. The summed E-state index contributed by atoms with van der Waals surface area (Å²) in [5.41, 5.74) is 0. The molecule has 0 bridgehead atoms. The molecular weight excluding hydrogens is 140 g/mol. The quantitative estimate of drug-likeness (QED) is 0.564. The molecular formula is C9H28O2. The van der Waals surface area contributed by atoms with Crippen molar-refractivity contribution in [2.45, 2.75) is 49.2 Å². The van der Waals surface area contributed by atoms with E-state index in [4.69, 9.17) is 9.84 Å². The summed E-state index contributed by atoms with van der Waals surface area (Å²) in [7, 11) is 1.00. The molecule has 1 saturated heterocycles. The van der Waals surface area contributed by atoms with Gasteiger partial charge in [-0.3, -0.25) is 0 Å². The lowest BCUT2D eigenvalue weighted by Gasteiger charge is -1.50. The van der Waals surface area contributed by atoms with Crippen LogP contribution in [0.2, 0.25) is 0 Å². The number of epoxide rings is 1. The summed E-state index contributed by atoms with van der Waals surface area (Å²) in [6.07, 6.45) is 0.583. The Morgan fingerprint density at radius 1 is 1.09 bits per heavy atom. The number of ether oxygens (including phenoxy) is 1. The SMILES string of the molecule is C.C.C.CC.CC1CO1.CO. The molecule has 0 radical (unpaired) electrons. The molecule has 1 aliphatic heterocycles. The van der Waals surface area contributed by atoms with Gasteiger partial charge in [-0.25, -0.2) is 0 Å². The predicted molar refractivity (Wildman–Crippen MR) is 55.1 cm³/mol. The largest absolute Gasteiger partial charge is 0.400 e. The van der Waals surface area contributed by atoms with Gasteiger partial charge in [-0.2, -0.15) is 0 Å². The predicted octanol–water partition coefficient (Wildman–Crippen LogP) is 2.95. The van der Waals surface area contributed by atoms with Crippen molar-refractivity contribution >= 4 is 0 Å². The first-order valence-corrected chi connectivity index (χ1v) is 2.96. The Balaban J connectivity index is -0.0000000159. The molecule has 1 unspecified atom stereocenters. The van der Waals surface area contributed by atoms with E-state index in [0.29, 0.717) is 6.10 Å². The van der Waals surface area contributed by atoms with Crippen molar-refractivity contribution in [3.63, 3.8) is 0 Å². The highest BCUT2D eigenvalue weighted by molar-refractivity contribution is 4.58. The van der Waals surface area contributed by atoms with Gasteiger partial charge in [0.2, 0.25) is 0 Å². The Labute approximate surface area is 73.6 Å². The lowest BCUT2D eigenvalue weighted by Crippen LogP contribution is -1.60. The monoisotopic (exact) mass is 168 g/mol. The van der Waals surface area contributed by atoms with Gasteiger partial charge in [-0.05, 0) is 6.92 Å². The highest BCUT2D eigenvalue weighted by atomic mass is 16.6. The third-order valence-corrected chi connectivity index (χ3v) is 0.500. The third-order valence-electron chi connectivity index (χ3n) is 0.500. The Bertz CT molecular complexity index is 26.7. The van der Waals surface area contributed by atoms with E-state index in [1.165, 1.54) is 0 Å². The maximum absolute atomic E-state index is 7.00. The zero-order chi connectivity index (χ0) is 6.99. The van der Waals surface area contributed by atoms with Crippen molar-refractivity contribution in [3.05, 3.63) is 0 Å². The Morgan fingerprint density at radius 3 is 1.18 bits per heavy atom. The molecule has 0 amide bonds. The molecule has 0 aromatic heterocycles. The van der Waals surface area contributed by atoms with Crippen LogP contribution < -0.4 is 0 Å². The molecule has 1 fully saturated rings. The van der Waals surface area contributed by atoms with Crippen LogP contribution in [-0.2, 0) is 4.74 Å². The lowest BCUT2D eigenvalue weighted by atomic mass is 10.6. The molecule has 76 valence electrons. The number of aliphatic hydroxyl groups is 1. The zero-order valence-electron chi connectivity index (χ0n) is 6.14. The van der Waals surface area contributed by atoms with Gasteiger partial charge in [0, 0.05) is 7.11 Å². The summed E-state index contributed by atoms with van der Waals surface area (Å²) in [5.74, 6) is 0. The van der Waals surface area contributed by atoms with E-state index in [1.54, 1.807) is 0 Å². The highest BCUT2D eigenvalue weighted by Crippen LogP contribution is 2.04. The number of hydrogen-bond acceptors (Lipinski definition) is 2. The lowest BCUT2D eigenvalue weighted by molar-refractivity contribution is 0.399. The molecule has 1 atom stereocenters. The van der Waals surface area contributed by atoms with Gasteiger partial charge >= 0.3 is 0 Å². The fourth-order valence-electron chi connectivity index (χ4n) is 0.0962. The van der Waals surface area contributed by atoms with Crippen molar-refractivity contribution in [1.82, 2.24) is 0 Å². The molecule has 2 heteroatoms. The topological polar surface area (TPSA) is 32.8 Å². The second-order valence-electron chi connectivity index (χ2n) is 1.14. The molecule has 2 nitrogen and oxygen atoms in total. The first-order chi connectivity index (χ1) is 3.89. The molecule has 0 aromatic carbocycles. The van der Waals surface area contributed by atoms with Gasteiger partial charge in [0.25, 0.3) is 0 Å². The molecule has 1 aliphatic rings. The average molecular weight is 168 g/mol. The smallest absolute Gasteiger partial charge is 0.0781 e. The van der Waals surface area contributed by atoms with Crippen LogP contribution in [0.25, 0.3) is 0 Å². The minimum absolute atomic E-state index is 0. The Morgan fingerprint density at radius 2 is 1.18 bits per heavy atom. The van der Waals surface area contributed by atoms with Gasteiger partial charge in [0.05, 0.1) is 12.7 Å². The van der Waals surface area contributed by atoms with E-state index in [9.17, 15) is 0 Å². The van der Waals surface area contributed by atoms with Crippen LogP contribution in [0.5, 0.6) is 0 Å². The van der Waals surface area contributed by atoms with E-state index in [2.05, 4.69) is 6.92 Å². The number of aliphatic hydroxyl groups excluding tert-OH is 1. The summed E-state index contributed by atoms with van der Waals surface area (Å²) in [4.78, 5) is 0. The van der Waals surface area contributed by atoms with E-state index in [-0.39, 0.29) is 22.3 Å². The van der Waals surface area contributed by atoms with Crippen LogP contribution in [-0.4, -0.2) is 24.9 Å². The van der Waals surface area contributed by atoms with Crippen molar-refractivity contribution < 1.29 is 9.84 Å². The van der Waals surface area contributed by atoms with Crippen molar-refractivity contribution in [2.75, 3.05) is 13.7 Å². The standard InChI is InChI=1S/C3H6O.C2H6.CH4O.3CH4/c1-3-2-4-3;2*1-2;;;/h3H,2H2,1H3;1-2H3;2H,1H3;3*1H4. The fourth-order valence-corrected chi connectivity index (χ4v) is 0.0962. The van der Waals surface area contributed by atoms with E-state index >= 15 is 0 Å². The highest BCUT2D eigenvalue weighted by Gasteiger charge is 2.13. The van der Waals surface area contributed by atoms with Crippen LogP contribution in [0, 0.1) is 0 Å². The third kappa shape index (κ3) is 73.0. The molecule has 11 heavy (non-hydrogen) atoms. The van der Waals surface area contributed by atoms with E-state index in [0.717, 1.165) is 13.7 Å². The second kappa shape index (κ2) is 32.6. The molecule has 1 N–H and O–H groups in total. The summed E-state index contributed by atoms with van der Waals surface area (Å²) < 4.78 is 4.71. The number of rotatable bonds is 0. The van der Waals surface area contributed by atoms with Gasteiger partial charge in [0.1, 0.15) is 0 Å². The van der Waals surface area contributed by atoms with Gasteiger partial charge in [-0.1, -0.05) is 36.1 Å². The molecule has 1 rings (SSSR count). The molecule has 0 aromatic rings. The van der Waals surface area contributed by atoms with Crippen LogP contribution in [0.15, 0.2) is 0 Å². The van der Waals surface area contributed by atoms with Gasteiger partial charge in [-0.15, -0.1) is 0 Å². The summed E-state index contributed by atoms with van der Waals surface area (Å²) in [6.45, 7) is 7.04. The minimum Gasteiger partial charge on any atom is -0.400 e. The van der Waals surface area contributed by atoms with Crippen LogP contribution in [0.3, 0.4) is 0 Å². The second-order valence-corrected chi connectivity index (χ2v) is 1.14. The summed E-state index contributed by atoms with van der Waals surface area (Å²) in [6, 6.07) is 0. The Kier molecular flexibility index (Phi) is 90.9. The molecule has 0 spiro atoms. The minimum atomic E-state index is 0. The van der Waals surface area contributed by atoms with Crippen LogP contribution >= 0.6 is 0 Å². The number of hydrogen-bond donors (Lipinski definition) is 1. The first kappa shape index (κ1) is 30.7. The van der Waals surface area contributed by atoms with Crippen molar-refractivity contribution in [1.29, 1.82) is 0 Å². The summed E-state index contributed by atoms with van der Waals surface area (Å²) >= 11 is 0. The van der Waals surface area contributed by atoms with Crippen LogP contribution in [0.4, 0.5) is 0 Å². The maximum Gasteiger partial charge on any atom is 0.0781 e. The molecule has 0 aliphatic carbocycles. The van der Waals surface area contributed by atoms with Gasteiger partial charge < -0.3 is 9.84 Å². The van der Waals surface area contributed by atoms with E-state index < -0.39 is 0 Å². The van der Waals surface area contributed by atoms with Crippen molar-refractivity contribution in [3.8, 4) is 0 Å². The first-order valence-electron chi connectivity index (χ1n) is 2.96. The van der Waals surface area contributed by atoms with Gasteiger partial charge in [0.15, 0.2) is 0 Å². The normalized spacial score (nSPS) is 15.5.